The molecule has 0 aliphatic carbocycles. The molecule has 1 unspecified atom stereocenters. The zero-order chi connectivity index (χ0) is 24.0. The number of pyridine rings is 1. The van der Waals surface area contributed by atoms with E-state index in [0.717, 1.165) is 6.20 Å². The van der Waals surface area contributed by atoms with Crippen LogP contribution in [0.4, 0.5) is 22.0 Å². The van der Waals surface area contributed by atoms with Crippen LogP contribution in [0.25, 0.3) is 11.0 Å². The Bertz CT molecular complexity index is 1210. The van der Waals surface area contributed by atoms with Crippen LogP contribution in [0.5, 0.6) is 5.75 Å². The second-order valence-corrected chi connectivity index (χ2v) is 7.82. The summed E-state index contributed by atoms with van der Waals surface area (Å²) in [4.78, 5) is 15.5. The minimum atomic E-state index is -4.71. The number of furan rings is 1. The second-order valence-electron chi connectivity index (χ2n) is 7.82. The molecule has 33 heavy (non-hydrogen) atoms. The number of hydrogen-bond donors (Lipinski definition) is 2. The summed E-state index contributed by atoms with van der Waals surface area (Å²) in [5, 5.41) is 2.72. The summed E-state index contributed by atoms with van der Waals surface area (Å²) in [6.07, 6.45) is -3.70. The molecule has 0 bridgehead atoms. The number of halogens is 5. The van der Waals surface area contributed by atoms with Crippen LogP contribution in [-0.2, 0) is 12.8 Å². The molecule has 0 radical (unpaired) electrons. The maximum atomic E-state index is 15.0. The molecular weight excluding hydrogens is 449 g/mol. The third-order valence-corrected chi connectivity index (χ3v) is 5.65. The summed E-state index contributed by atoms with van der Waals surface area (Å²) < 4.78 is 81.1. The lowest BCUT2D eigenvalue weighted by molar-refractivity contribution is -0.142. The molecule has 3 heterocycles. The van der Waals surface area contributed by atoms with Crippen molar-refractivity contribution in [3.63, 3.8) is 0 Å². The molecule has 2 aromatic heterocycles. The van der Waals surface area contributed by atoms with Crippen LogP contribution in [0.3, 0.4) is 0 Å². The molecule has 1 aliphatic heterocycles. The number of primary amides is 1. The molecule has 1 saturated heterocycles. The van der Waals surface area contributed by atoms with E-state index in [0.29, 0.717) is 0 Å². The van der Waals surface area contributed by atoms with Crippen molar-refractivity contribution in [2.75, 3.05) is 13.1 Å². The molecule has 0 saturated carbocycles. The lowest BCUT2D eigenvalue weighted by atomic mass is 9.83. The van der Waals surface area contributed by atoms with Gasteiger partial charge < -0.3 is 20.2 Å². The van der Waals surface area contributed by atoms with Gasteiger partial charge in [-0.2, -0.15) is 13.2 Å². The van der Waals surface area contributed by atoms with Crippen LogP contribution in [0.1, 0.15) is 45.3 Å². The monoisotopic (exact) mass is 469 g/mol. The second kappa shape index (κ2) is 8.29. The fourth-order valence-corrected chi connectivity index (χ4v) is 4.24. The van der Waals surface area contributed by atoms with Crippen LogP contribution in [0.15, 0.2) is 34.9 Å². The number of benzene rings is 1. The Morgan fingerprint density at radius 3 is 2.76 bits per heavy atom. The van der Waals surface area contributed by atoms with Gasteiger partial charge in [0, 0.05) is 22.7 Å². The molecule has 4 rings (SSSR count). The fraction of sp³-hybridized carbons (Fsp3) is 0.364. The maximum absolute atomic E-state index is 15.0. The number of nitrogens with zero attached hydrogens (tertiary/aromatic N) is 1. The van der Waals surface area contributed by atoms with Gasteiger partial charge in [0.25, 0.3) is 11.8 Å². The van der Waals surface area contributed by atoms with Crippen molar-refractivity contribution < 1.29 is 35.9 Å². The smallest absolute Gasteiger partial charge is 0.433 e. The largest absolute Gasteiger partial charge is 0.489 e. The van der Waals surface area contributed by atoms with Crippen molar-refractivity contribution in [3.05, 3.63) is 58.6 Å². The number of aryl methyl sites for hydroxylation is 1. The molecule has 3 N–H and O–H groups in total. The van der Waals surface area contributed by atoms with Crippen molar-refractivity contribution in [1.82, 2.24) is 10.3 Å². The number of amides is 1. The number of hydrogen-bond acceptors (Lipinski definition) is 5. The fourth-order valence-electron chi connectivity index (χ4n) is 4.24. The lowest BCUT2D eigenvalue weighted by Gasteiger charge is -2.33. The molecular formula is C22H20F5N3O3. The van der Waals surface area contributed by atoms with E-state index in [1.54, 1.807) is 0 Å². The molecule has 1 atom stereocenters. The summed E-state index contributed by atoms with van der Waals surface area (Å²) in [6, 6.07) is 5.29. The molecule has 0 spiro atoms. The van der Waals surface area contributed by atoms with Crippen molar-refractivity contribution in [1.29, 1.82) is 0 Å². The van der Waals surface area contributed by atoms with E-state index in [1.165, 1.54) is 31.2 Å². The average molecular weight is 469 g/mol. The number of carbonyl (C=O) groups excluding carboxylic acids is 1. The third kappa shape index (κ3) is 4.24. The molecule has 1 fully saturated rings. The van der Waals surface area contributed by atoms with Gasteiger partial charge in [-0.1, -0.05) is 6.07 Å². The van der Waals surface area contributed by atoms with Crippen molar-refractivity contribution in [3.8, 4) is 5.75 Å². The SMILES string of the molecule is Cc1oc2ccc(OCc3cccnc3C(F)(F)F)c(C3CCNCC3(F)F)c2c1C(N)=O. The molecule has 3 aromatic rings. The van der Waals surface area contributed by atoms with Gasteiger partial charge in [0.1, 0.15) is 23.7 Å². The highest BCUT2D eigenvalue weighted by molar-refractivity contribution is 6.08. The molecule has 176 valence electrons. The Labute approximate surface area is 184 Å². The molecule has 6 nitrogen and oxygen atoms in total. The first-order valence-corrected chi connectivity index (χ1v) is 10.1. The summed E-state index contributed by atoms with van der Waals surface area (Å²) in [5.41, 5.74) is 4.21. The molecule has 1 aliphatic rings. The van der Waals surface area contributed by atoms with Crippen LogP contribution in [-0.4, -0.2) is 29.9 Å². The summed E-state index contributed by atoms with van der Waals surface area (Å²) >= 11 is 0. The topological polar surface area (TPSA) is 90.4 Å². The average Bonchev–Trinajstić information content (AvgIpc) is 3.07. The predicted molar refractivity (Wildman–Crippen MR) is 108 cm³/mol. The zero-order valence-electron chi connectivity index (χ0n) is 17.4. The zero-order valence-corrected chi connectivity index (χ0v) is 17.4. The molecule has 1 aromatic carbocycles. The Kier molecular flexibility index (Phi) is 5.77. The Balaban J connectivity index is 1.86. The first-order valence-electron chi connectivity index (χ1n) is 10.1. The van der Waals surface area contributed by atoms with E-state index in [9.17, 15) is 26.7 Å². The standard InChI is InChI=1S/C22H20F5N3O3/c1-11-16(20(28)31)18-15(33-11)5-4-14(17(18)13-6-8-29-10-21(13,23)24)32-9-12-3-2-7-30-19(12)22(25,26)27/h2-5,7,13,29H,6,8-10H2,1H3,(H2,28,31). The number of fused-ring (bicyclic) bond motifs is 1. The number of nitrogens with two attached hydrogens (primary N) is 1. The minimum Gasteiger partial charge on any atom is -0.489 e. The van der Waals surface area contributed by atoms with Gasteiger partial charge >= 0.3 is 6.18 Å². The molecule has 11 heteroatoms. The van der Waals surface area contributed by atoms with Crippen molar-refractivity contribution >= 4 is 16.9 Å². The lowest BCUT2D eigenvalue weighted by Crippen LogP contribution is -2.44. The van der Waals surface area contributed by atoms with Gasteiger partial charge in [-0.25, -0.2) is 8.78 Å². The Morgan fingerprint density at radius 1 is 1.33 bits per heavy atom. The van der Waals surface area contributed by atoms with E-state index >= 15 is 0 Å². The van der Waals surface area contributed by atoms with Crippen LogP contribution >= 0.6 is 0 Å². The summed E-state index contributed by atoms with van der Waals surface area (Å²) in [7, 11) is 0. The normalized spacial score (nSPS) is 18.4. The van der Waals surface area contributed by atoms with Crippen LogP contribution < -0.4 is 15.8 Å². The minimum absolute atomic E-state index is 0.00555. The van der Waals surface area contributed by atoms with E-state index in [-0.39, 0.29) is 52.1 Å². The number of alkyl halides is 5. The van der Waals surface area contributed by atoms with Crippen LogP contribution in [0.2, 0.25) is 0 Å². The van der Waals surface area contributed by atoms with Crippen molar-refractivity contribution in [2.45, 2.75) is 38.0 Å². The number of rotatable bonds is 5. The van der Waals surface area contributed by atoms with E-state index in [2.05, 4.69) is 10.3 Å². The van der Waals surface area contributed by atoms with Gasteiger partial charge in [-0.05, 0) is 38.1 Å². The summed E-state index contributed by atoms with van der Waals surface area (Å²) in [6.45, 7) is 0.591. The van der Waals surface area contributed by atoms with Crippen molar-refractivity contribution in [2.24, 2.45) is 5.73 Å². The number of carbonyl (C=O) groups is 1. The highest BCUT2D eigenvalue weighted by atomic mass is 19.4. The van der Waals surface area contributed by atoms with Crippen LogP contribution in [0, 0.1) is 6.92 Å². The highest BCUT2D eigenvalue weighted by Crippen LogP contribution is 2.47. The highest BCUT2D eigenvalue weighted by Gasteiger charge is 2.45. The first kappa shape index (κ1) is 23.0. The van der Waals surface area contributed by atoms with Gasteiger partial charge in [0.05, 0.1) is 18.0 Å². The first-order chi connectivity index (χ1) is 15.5. The van der Waals surface area contributed by atoms with E-state index < -0.39 is 42.8 Å². The van der Waals surface area contributed by atoms with E-state index in [1.807, 2.05) is 0 Å². The van der Waals surface area contributed by atoms with Gasteiger partial charge in [-0.15, -0.1) is 0 Å². The maximum Gasteiger partial charge on any atom is 0.433 e. The quantitative estimate of drug-likeness (QED) is 0.536. The molecule has 1 amide bonds. The van der Waals surface area contributed by atoms with E-state index in [4.69, 9.17) is 14.9 Å². The van der Waals surface area contributed by atoms with Gasteiger partial charge in [0.2, 0.25) is 0 Å². The van der Waals surface area contributed by atoms with Gasteiger partial charge in [-0.3, -0.25) is 9.78 Å². The number of aromatic nitrogens is 1. The third-order valence-electron chi connectivity index (χ3n) is 5.65. The number of ether oxygens (including phenoxy) is 1. The summed E-state index contributed by atoms with van der Waals surface area (Å²) in [5.74, 6) is -5.37. The number of piperidine rings is 1. The Morgan fingerprint density at radius 2 is 2.09 bits per heavy atom. The Hall–Kier alpha value is -3.21. The predicted octanol–water partition coefficient (Wildman–Crippen LogP) is 4.55. The van der Waals surface area contributed by atoms with Gasteiger partial charge in [0.15, 0.2) is 5.69 Å². The number of nitrogens with one attached hydrogen (secondary N) is 1.